The van der Waals surface area contributed by atoms with Crippen molar-refractivity contribution < 1.29 is 9.53 Å². The van der Waals surface area contributed by atoms with Gasteiger partial charge in [-0.05, 0) is 31.7 Å². The molecule has 0 aliphatic heterocycles. The minimum Gasteiger partial charge on any atom is -0.373 e. The van der Waals surface area contributed by atoms with Crippen molar-refractivity contribution in [1.29, 1.82) is 0 Å². The predicted molar refractivity (Wildman–Crippen MR) is 68.5 cm³/mol. The molecule has 1 saturated carbocycles. The van der Waals surface area contributed by atoms with Gasteiger partial charge in [0, 0.05) is 12.8 Å². The van der Waals surface area contributed by atoms with Gasteiger partial charge in [0.25, 0.3) is 0 Å². The summed E-state index contributed by atoms with van der Waals surface area (Å²) in [5.41, 5.74) is 1.26. The lowest BCUT2D eigenvalue weighted by atomic mass is 9.85. The van der Waals surface area contributed by atoms with Crippen molar-refractivity contribution in [1.82, 2.24) is 9.97 Å². The molecule has 1 aromatic rings. The highest BCUT2D eigenvalue weighted by atomic mass is 16.5. The van der Waals surface area contributed by atoms with E-state index >= 15 is 0 Å². The summed E-state index contributed by atoms with van der Waals surface area (Å²) in [7, 11) is 1.70. The third kappa shape index (κ3) is 2.93. The lowest BCUT2D eigenvalue weighted by Crippen LogP contribution is -2.21. The monoisotopic (exact) mass is 248 g/mol. The Hall–Kier alpha value is -1.29. The lowest BCUT2D eigenvalue weighted by molar-refractivity contribution is 0.0287. The fourth-order valence-corrected chi connectivity index (χ4v) is 2.75. The fraction of sp³-hybridized carbons (Fsp3) is 0.643. The number of hydrogen-bond acceptors (Lipinski definition) is 4. The number of nitrogens with zero attached hydrogens (tertiary/aromatic N) is 2. The van der Waals surface area contributed by atoms with Gasteiger partial charge in [0.15, 0.2) is 12.1 Å². The molecule has 1 aliphatic rings. The summed E-state index contributed by atoms with van der Waals surface area (Å²) in [6.07, 6.45) is 6.81. The predicted octanol–water partition coefficient (Wildman–Crippen LogP) is 2.87. The molecule has 1 aliphatic carbocycles. The highest BCUT2D eigenvalue weighted by Crippen LogP contribution is 2.35. The minimum absolute atomic E-state index is 0.0797. The Bertz CT molecular complexity index is 414. The Balaban J connectivity index is 2.25. The van der Waals surface area contributed by atoms with Crippen LogP contribution < -0.4 is 0 Å². The molecule has 0 N–H and O–H groups in total. The zero-order valence-electron chi connectivity index (χ0n) is 11.1. The molecular weight excluding hydrogens is 228 g/mol. The van der Waals surface area contributed by atoms with Crippen LogP contribution in [0.2, 0.25) is 0 Å². The van der Waals surface area contributed by atoms with Crippen LogP contribution in [0.1, 0.15) is 60.2 Å². The number of hydrogen-bond donors (Lipinski definition) is 0. The topological polar surface area (TPSA) is 52.1 Å². The SMILES string of the molecule is COC(c1nc(C)cc(C=O)n1)C1CCCCC1. The van der Waals surface area contributed by atoms with Gasteiger partial charge in [-0.1, -0.05) is 19.3 Å². The molecule has 0 bridgehead atoms. The van der Waals surface area contributed by atoms with Crippen molar-refractivity contribution in [3.63, 3.8) is 0 Å². The van der Waals surface area contributed by atoms with Crippen LogP contribution in [-0.2, 0) is 4.74 Å². The van der Waals surface area contributed by atoms with E-state index in [2.05, 4.69) is 9.97 Å². The molecular formula is C14H20N2O2. The Kier molecular flexibility index (Phi) is 4.42. The molecule has 1 heterocycles. The molecule has 0 spiro atoms. The summed E-state index contributed by atoms with van der Waals surface area (Å²) in [6, 6.07) is 1.70. The number of aldehydes is 1. The van der Waals surface area contributed by atoms with E-state index in [0.29, 0.717) is 17.4 Å². The first-order valence-corrected chi connectivity index (χ1v) is 6.58. The van der Waals surface area contributed by atoms with E-state index in [1.807, 2.05) is 6.92 Å². The number of rotatable bonds is 4. The highest BCUT2D eigenvalue weighted by molar-refractivity contribution is 5.71. The molecule has 0 radical (unpaired) electrons. The van der Waals surface area contributed by atoms with Crippen LogP contribution >= 0.6 is 0 Å². The molecule has 1 atom stereocenters. The average molecular weight is 248 g/mol. The van der Waals surface area contributed by atoms with Gasteiger partial charge in [-0.15, -0.1) is 0 Å². The number of aromatic nitrogens is 2. The molecule has 0 aromatic carbocycles. The summed E-state index contributed by atoms with van der Waals surface area (Å²) in [5, 5.41) is 0. The molecule has 1 unspecified atom stereocenters. The smallest absolute Gasteiger partial charge is 0.168 e. The van der Waals surface area contributed by atoms with Crippen molar-refractivity contribution >= 4 is 6.29 Å². The summed E-state index contributed by atoms with van der Waals surface area (Å²) in [4.78, 5) is 19.6. The first-order chi connectivity index (χ1) is 8.74. The van der Waals surface area contributed by atoms with Crippen LogP contribution in [-0.4, -0.2) is 23.4 Å². The molecule has 4 nitrogen and oxygen atoms in total. The second kappa shape index (κ2) is 6.05. The first-order valence-electron chi connectivity index (χ1n) is 6.58. The van der Waals surface area contributed by atoms with Crippen molar-refractivity contribution in [2.45, 2.75) is 45.1 Å². The summed E-state index contributed by atoms with van der Waals surface area (Å²) < 4.78 is 5.59. The molecule has 98 valence electrons. The highest BCUT2D eigenvalue weighted by Gasteiger charge is 2.27. The van der Waals surface area contributed by atoms with Crippen LogP contribution in [0.15, 0.2) is 6.07 Å². The van der Waals surface area contributed by atoms with Gasteiger partial charge < -0.3 is 4.74 Å². The number of ether oxygens (including phenoxy) is 1. The van der Waals surface area contributed by atoms with Gasteiger partial charge in [-0.3, -0.25) is 4.79 Å². The summed E-state index contributed by atoms with van der Waals surface area (Å²) in [6.45, 7) is 1.88. The van der Waals surface area contributed by atoms with Crippen molar-refractivity contribution in [3.05, 3.63) is 23.3 Å². The lowest BCUT2D eigenvalue weighted by Gasteiger charge is -2.28. The standard InChI is InChI=1S/C14H20N2O2/c1-10-8-12(9-17)16-14(15-10)13(18-2)11-6-4-3-5-7-11/h8-9,11,13H,3-7H2,1-2H3. The quantitative estimate of drug-likeness (QED) is 0.769. The van der Waals surface area contributed by atoms with Crippen molar-refractivity contribution in [2.75, 3.05) is 7.11 Å². The molecule has 18 heavy (non-hydrogen) atoms. The van der Waals surface area contributed by atoms with E-state index in [0.717, 1.165) is 24.8 Å². The maximum absolute atomic E-state index is 10.9. The normalized spacial score (nSPS) is 18.6. The largest absolute Gasteiger partial charge is 0.373 e. The summed E-state index contributed by atoms with van der Waals surface area (Å²) >= 11 is 0. The number of carbonyl (C=O) groups is 1. The summed E-state index contributed by atoms with van der Waals surface area (Å²) in [5.74, 6) is 1.14. The van der Waals surface area contributed by atoms with Crippen LogP contribution in [0.4, 0.5) is 0 Å². The van der Waals surface area contributed by atoms with Crippen LogP contribution in [0.25, 0.3) is 0 Å². The first kappa shape index (κ1) is 13.1. The maximum atomic E-state index is 10.9. The van der Waals surface area contributed by atoms with E-state index in [-0.39, 0.29) is 6.10 Å². The zero-order chi connectivity index (χ0) is 13.0. The Morgan fingerprint density at radius 1 is 1.33 bits per heavy atom. The van der Waals surface area contributed by atoms with Gasteiger partial charge in [-0.25, -0.2) is 9.97 Å². The van der Waals surface area contributed by atoms with Crippen LogP contribution in [0.3, 0.4) is 0 Å². The van der Waals surface area contributed by atoms with Gasteiger partial charge in [0.1, 0.15) is 11.8 Å². The van der Waals surface area contributed by atoms with E-state index in [1.54, 1.807) is 13.2 Å². The fourth-order valence-electron chi connectivity index (χ4n) is 2.75. The Morgan fingerprint density at radius 3 is 2.67 bits per heavy atom. The van der Waals surface area contributed by atoms with Crippen LogP contribution in [0, 0.1) is 12.8 Å². The molecule has 0 amide bonds. The van der Waals surface area contributed by atoms with Gasteiger partial charge in [-0.2, -0.15) is 0 Å². The zero-order valence-corrected chi connectivity index (χ0v) is 11.1. The molecule has 0 saturated heterocycles. The second-order valence-corrected chi connectivity index (χ2v) is 4.96. The molecule has 1 aromatic heterocycles. The Morgan fingerprint density at radius 2 is 2.06 bits per heavy atom. The third-order valence-electron chi connectivity index (χ3n) is 3.60. The third-order valence-corrected chi connectivity index (χ3v) is 3.60. The molecule has 1 fully saturated rings. The second-order valence-electron chi connectivity index (χ2n) is 4.96. The van der Waals surface area contributed by atoms with E-state index in [1.165, 1.54) is 19.3 Å². The van der Waals surface area contributed by atoms with Crippen LogP contribution in [0.5, 0.6) is 0 Å². The van der Waals surface area contributed by atoms with Crippen molar-refractivity contribution in [2.24, 2.45) is 5.92 Å². The van der Waals surface area contributed by atoms with Gasteiger partial charge in [0.05, 0.1) is 0 Å². The Labute approximate surface area is 108 Å². The molecule has 2 rings (SSSR count). The molecule has 4 heteroatoms. The van der Waals surface area contributed by atoms with E-state index in [4.69, 9.17) is 4.74 Å². The number of aryl methyl sites for hydroxylation is 1. The average Bonchev–Trinajstić information content (AvgIpc) is 2.40. The van der Waals surface area contributed by atoms with Gasteiger partial charge >= 0.3 is 0 Å². The maximum Gasteiger partial charge on any atom is 0.168 e. The minimum atomic E-state index is -0.0797. The number of methoxy groups -OCH3 is 1. The number of carbonyl (C=O) groups excluding carboxylic acids is 1. The van der Waals surface area contributed by atoms with E-state index < -0.39 is 0 Å². The van der Waals surface area contributed by atoms with Crippen molar-refractivity contribution in [3.8, 4) is 0 Å². The van der Waals surface area contributed by atoms with Gasteiger partial charge in [0.2, 0.25) is 0 Å². The van der Waals surface area contributed by atoms with E-state index in [9.17, 15) is 4.79 Å².